The van der Waals surface area contributed by atoms with Gasteiger partial charge in [-0.2, -0.15) is 0 Å². The fraction of sp³-hybridized carbons (Fsp3) is 0.500. The highest BCUT2D eigenvalue weighted by Gasteiger charge is 2.19. The second-order valence-corrected chi connectivity index (χ2v) is 4.38. The maximum absolute atomic E-state index is 12.3. The zero-order valence-electron chi connectivity index (χ0n) is 11.6. The SMILES string of the molecule is CCN(C(=O)C(C)CNC)c1cccc(C)c1.Cl. The molecule has 0 aliphatic heterocycles. The summed E-state index contributed by atoms with van der Waals surface area (Å²) in [5.41, 5.74) is 2.16. The van der Waals surface area contributed by atoms with Gasteiger partial charge in [0.15, 0.2) is 0 Å². The third kappa shape index (κ3) is 4.31. The van der Waals surface area contributed by atoms with Gasteiger partial charge in [-0.3, -0.25) is 4.79 Å². The van der Waals surface area contributed by atoms with Crippen LogP contribution >= 0.6 is 12.4 Å². The Bertz CT molecular complexity index is 382. The highest BCUT2D eigenvalue weighted by molar-refractivity contribution is 5.95. The van der Waals surface area contributed by atoms with E-state index in [-0.39, 0.29) is 24.2 Å². The molecule has 0 aliphatic rings. The monoisotopic (exact) mass is 270 g/mol. The topological polar surface area (TPSA) is 32.3 Å². The molecule has 0 bridgehead atoms. The van der Waals surface area contributed by atoms with Crippen LogP contribution in [-0.2, 0) is 4.79 Å². The first kappa shape index (κ1) is 16.9. The maximum atomic E-state index is 12.3. The van der Waals surface area contributed by atoms with E-state index in [0.717, 1.165) is 5.69 Å². The summed E-state index contributed by atoms with van der Waals surface area (Å²) in [7, 11) is 1.87. The summed E-state index contributed by atoms with van der Waals surface area (Å²) in [6.45, 7) is 7.42. The fourth-order valence-electron chi connectivity index (χ4n) is 1.92. The van der Waals surface area contributed by atoms with E-state index in [1.54, 1.807) is 0 Å². The van der Waals surface area contributed by atoms with E-state index in [4.69, 9.17) is 0 Å². The Morgan fingerprint density at radius 3 is 2.61 bits per heavy atom. The molecule has 1 atom stereocenters. The number of nitrogens with zero attached hydrogens (tertiary/aromatic N) is 1. The van der Waals surface area contributed by atoms with Crippen LogP contribution in [0.5, 0.6) is 0 Å². The van der Waals surface area contributed by atoms with Crippen molar-refractivity contribution in [1.29, 1.82) is 0 Å². The molecule has 102 valence electrons. The van der Waals surface area contributed by atoms with Gasteiger partial charge in [-0.25, -0.2) is 0 Å². The van der Waals surface area contributed by atoms with Crippen molar-refractivity contribution in [2.75, 3.05) is 25.0 Å². The number of carbonyl (C=O) groups is 1. The van der Waals surface area contributed by atoms with E-state index >= 15 is 0 Å². The molecule has 0 fully saturated rings. The standard InChI is InChI=1S/C14H22N2O.ClH/c1-5-16(14(17)12(3)10-15-4)13-8-6-7-11(2)9-13;/h6-9,12,15H,5,10H2,1-4H3;1H. The molecule has 1 aromatic rings. The predicted octanol–water partition coefficient (Wildman–Crippen LogP) is 2.63. The summed E-state index contributed by atoms with van der Waals surface area (Å²) >= 11 is 0. The minimum Gasteiger partial charge on any atom is -0.319 e. The zero-order valence-corrected chi connectivity index (χ0v) is 12.4. The van der Waals surface area contributed by atoms with Gasteiger partial charge in [0, 0.05) is 24.7 Å². The third-order valence-electron chi connectivity index (χ3n) is 2.83. The van der Waals surface area contributed by atoms with E-state index in [0.29, 0.717) is 13.1 Å². The summed E-state index contributed by atoms with van der Waals surface area (Å²) in [6.07, 6.45) is 0. The minimum absolute atomic E-state index is 0. The van der Waals surface area contributed by atoms with E-state index in [2.05, 4.69) is 5.32 Å². The van der Waals surface area contributed by atoms with Crippen molar-refractivity contribution in [2.24, 2.45) is 5.92 Å². The molecule has 1 N–H and O–H groups in total. The first-order valence-corrected chi connectivity index (χ1v) is 6.12. The Kier molecular flexibility index (Phi) is 7.64. The summed E-state index contributed by atoms with van der Waals surface area (Å²) in [4.78, 5) is 14.1. The molecular formula is C14H23ClN2O. The van der Waals surface area contributed by atoms with Crippen LogP contribution < -0.4 is 10.2 Å². The molecule has 4 heteroatoms. The van der Waals surface area contributed by atoms with Crippen molar-refractivity contribution < 1.29 is 4.79 Å². The molecule has 0 spiro atoms. The maximum Gasteiger partial charge on any atom is 0.231 e. The molecule has 1 aromatic carbocycles. The van der Waals surface area contributed by atoms with Crippen molar-refractivity contribution in [3.8, 4) is 0 Å². The number of anilines is 1. The molecule has 3 nitrogen and oxygen atoms in total. The quantitative estimate of drug-likeness (QED) is 0.892. The van der Waals surface area contributed by atoms with Gasteiger partial charge in [0.1, 0.15) is 0 Å². The van der Waals surface area contributed by atoms with Crippen molar-refractivity contribution in [3.05, 3.63) is 29.8 Å². The normalized spacial score (nSPS) is 11.6. The molecule has 0 radical (unpaired) electrons. The van der Waals surface area contributed by atoms with Gasteiger partial charge in [-0.15, -0.1) is 12.4 Å². The van der Waals surface area contributed by atoms with Crippen molar-refractivity contribution in [3.63, 3.8) is 0 Å². The van der Waals surface area contributed by atoms with Crippen LogP contribution in [0.3, 0.4) is 0 Å². The van der Waals surface area contributed by atoms with Gasteiger partial charge in [0.25, 0.3) is 0 Å². The highest BCUT2D eigenvalue weighted by atomic mass is 35.5. The number of carbonyl (C=O) groups excluding carboxylic acids is 1. The lowest BCUT2D eigenvalue weighted by atomic mass is 10.1. The Morgan fingerprint density at radius 1 is 1.44 bits per heavy atom. The highest BCUT2D eigenvalue weighted by Crippen LogP contribution is 2.17. The summed E-state index contributed by atoms with van der Waals surface area (Å²) in [5, 5.41) is 3.04. The molecule has 18 heavy (non-hydrogen) atoms. The lowest BCUT2D eigenvalue weighted by Gasteiger charge is -2.24. The minimum atomic E-state index is 0. The number of halogens is 1. The van der Waals surface area contributed by atoms with Crippen LogP contribution in [0, 0.1) is 12.8 Å². The molecule has 1 rings (SSSR count). The largest absolute Gasteiger partial charge is 0.319 e. The number of rotatable bonds is 5. The lowest BCUT2D eigenvalue weighted by molar-refractivity contribution is -0.121. The molecule has 1 unspecified atom stereocenters. The van der Waals surface area contributed by atoms with Crippen LogP contribution in [0.4, 0.5) is 5.69 Å². The van der Waals surface area contributed by atoms with Crippen molar-refractivity contribution in [2.45, 2.75) is 20.8 Å². The molecule has 0 saturated heterocycles. The van der Waals surface area contributed by atoms with Gasteiger partial charge >= 0.3 is 0 Å². The van der Waals surface area contributed by atoms with E-state index in [1.165, 1.54) is 5.56 Å². The number of nitrogens with one attached hydrogen (secondary N) is 1. The number of amides is 1. The molecule has 0 aliphatic carbocycles. The molecule has 0 saturated carbocycles. The van der Waals surface area contributed by atoms with Gasteiger partial charge in [-0.1, -0.05) is 19.1 Å². The van der Waals surface area contributed by atoms with Gasteiger partial charge in [0.05, 0.1) is 0 Å². The Hall–Kier alpha value is -1.06. The van der Waals surface area contributed by atoms with E-state index in [9.17, 15) is 4.79 Å². The summed E-state index contributed by atoms with van der Waals surface area (Å²) < 4.78 is 0. The Labute approximate surface area is 116 Å². The van der Waals surface area contributed by atoms with Gasteiger partial charge in [-0.05, 0) is 38.6 Å². The van der Waals surface area contributed by atoms with Crippen LogP contribution in [0.1, 0.15) is 19.4 Å². The Balaban J connectivity index is 0.00000289. The predicted molar refractivity (Wildman–Crippen MR) is 79.5 cm³/mol. The number of benzene rings is 1. The molecule has 0 heterocycles. The van der Waals surface area contributed by atoms with Crippen molar-refractivity contribution >= 4 is 24.0 Å². The lowest BCUT2D eigenvalue weighted by Crippen LogP contribution is -2.38. The third-order valence-corrected chi connectivity index (χ3v) is 2.83. The first-order valence-electron chi connectivity index (χ1n) is 6.12. The van der Waals surface area contributed by atoms with E-state index in [1.807, 2.05) is 57.0 Å². The fourth-order valence-corrected chi connectivity index (χ4v) is 1.92. The molecule has 0 aromatic heterocycles. The van der Waals surface area contributed by atoms with Gasteiger partial charge in [0.2, 0.25) is 5.91 Å². The average Bonchev–Trinajstić information content (AvgIpc) is 2.30. The number of hydrogen-bond donors (Lipinski definition) is 1. The number of aryl methyl sites for hydroxylation is 1. The second kappa shape index (κ2) is 8.11. The van der Waals surface area contributed by atoms with Crippen molar-refractivity contribution in [1.82, 2.24) is 5.32 Å². The molecular weight excluding hydrogens is 248 g/mol. The second-order valence-electron chi connectivity index (χ2n) is 4.38. The average molecular weight is 271 g/mol. The number of hydrogen-bond acceptors (Lipinski definition) is 2. The summed E-state index contributed by atoms with van der Waals surface area (Å²) in [5.74, 6) is 0.174. The Morgan fingerprint density at radius 2 is 2.11 bits per heavy atom. The van der Waals surface area contributed by atoms with Crippen LogP contribution in [0.25, 0.3) is 0 Å². The van der Waals surface area contributed by atoms with Crippen LogP contribution in [-0.4, -0.2) is 26.0 Å². The summed E-state index contributed by atoms with van der Waals surface area (Å²) in [6, 6.07) is 8.07. The van der Waals surface area contributed by atoms with E-state index < -0.39 is 0 Å². The van der Waals surface area contributed by atoms with Crippen LogP contribution in [0.15, 0.2) is 24.3 Å². The van der Waals surface area contributed by atoms with Gasteiger partial charge < -0.3 is 10.2 Å². The van der Waals surface area contributed by atoms with Crippen LogP contribution in [0.2, 0.25) is 0 Å². The first-order chi connectivity index (χ1) is 8.10. The smallest absolute Gasteiger partial charge is 0.231 e. The molecule has 1 amide bonds. The zero-order chi connectivity index (χ0) is 12.8.